The van der Waals surface area contributed by atoms with Gasteiger partial charge in [0.25, 0.3) is 0 Å². The maximum absolute atomic E-state index is 12.0. The van der Waals surface area contributed by atoms with E-state index in [2.05, 4.69) is 10.6 Å². The van der Waals surface area contributed by atoms with Gasteiger partial charge in [-0.1, -0.05) is 35.9 Å². The van der Waals surface area contributed by atoms with Crippen molar-refractivity contribution in [2.24, 2.45) is 0 Å². The standard InChI is InChI=1S/C17H19ClN2O3/c1-11-5-3-4-6-13(11)16(21)10-19-17(22)20-15-9-12(23-2)7-8-14(15)18/h3-9,16,21H,10H2,1-2H3,(H2,19,20,22). The van der Waals surface area contributed by atoms with Gasteiger partial charge in [-0.2, -0.15) is 0 Å². The van der Waals surface area contributed by atoms with Gasteiger partial charge < -0.3 is 20.5 Å². The summed E-state index contributed by atoms with van der Waals surface area (Å²) in [7, 11) is 1.53. The molecule has 23 heavy (non-hydrogen) atoms. The number of rotatable bonds is 5. The first kappa shape index (κ1) is 17.1. The lowest BCUT2D eigenvalue weighted by Gasteiger charge is -2.15. The number of amides is 2. The van der Waals surface area contributed by atoms with Crippen molar-refractivity contribution in [2.45, 2.75) is 13.0 Å². The first-order valence-electron chi connectivity index (χ1n) is 7.13. The molecule has 0 heterocycles. The number of urea groups is 1. The van der Waals surface area contributed by atoms with Crippen molar-refractivity contribution in [1.29, 1.82) is 0 Å². The van der Waals surface area contributed by atoms with Crippen LogP contribution >= 0.6 is 11.6 Å². The van der Waals surface area contributed by atoms with E-state index in [1.54, 1.807) is 18.2 Å². The number of ether oxygens (including phenoxy) is 1. The summed E-state index contributed by atoms with van der Waals surface area (Å²) in [5.74, 6) is 0.588. The predicted molar refractivity (Wildman–Crippen MR) is 91.2 cm³/mol. The van der Waals surface area contributed by atoms with Gasteiger partial charge in [-0.15, -0.1) is 0 Å². The molecular weight excluding hydrogens is 316 g/mol. The van der Waals surface area contributed by atoms with Crippen LogP contribution in [0.2, 0.25) is 5.02 Å². The summed E-state index contributed by atoms with van der Waals surface area (Å²) < 4.78 is 5.09. The minimum atomic E-state index is -0.775. The number of hydrogen-bond donors (Lipinski definition) is 3. The molecule has 0 radical (unpaired) electrons. The molecule has 2 amide bonds. The molecule has 0 fully saturated rings. The zero-order valence-corrected chi connectivity index (χ0v) is 13.7. The third-order valence-corrected chi connectivity index (χ3v) is 3.75. The molecule has 1 unspecified atom stereocenters. The fraction of sp³-hybridized carbons (Fsp3) is 0.235. The molecule has 1 atom stereocenters. The van der Waals surface area contributed by atoms with Gasteiger partial charge in [0, 0.05) is 12.6 Å². The molecule has 0 aliphatic heterocycles. The number of anilines is 1. The van der Waals surface area contributed by atoms with Gasteiger partial charge in [0.2, 0.25) is 0 Å². The highest BCUT2D eigenvalue weighted by molar-refractivity contribution is 6.33. The molecule has 0 spiro atoms. The molecule has 3 N–H and O–H groups in total. The lowest BCUT2D eigenvalue weighted by atomic mass is 10.0. The molecule has 0 aliphatic carbocycles. The van der Waals surface area contributed by atoms with Gasteiger partial charge in [-0.3, -0.25) is 0 Å². The van der Waals surface area contributed by atoms with E-state index in [9.17, 15) is 9.90 Å². The van der Waals surface area contributed by atoms with Crippen LogP contribution < -0.4 is 15.4 Å². The van der Waals surface area contributed by atoms with Crippen LogP contribution in [0.25, 0.3) is 0 Å². The van der Waals surface area contributed by atoms with Crippen LogP contribution in [-0.2, 0) is 0 Å². The third kappa shape index (κ3) is 4.61. The van der Waals surface area contributed by atoms with Gasteiger partial charge in [0.1, 0.15) is 5.75 Å². The van der Waals surface area contributed by atoms with Gasteiger partial charge in [-0.05, 0) is 30.2 Å². The lowest BCUT2D eigenvalue weighted by Crippen LogP contribution is -2.32. The molecule has 0 aromatic heterocycles. The molecule has 2 aromatic rings. The van der Waals surface area contributed by atoms with Crippen LogP contribution in [0.1, 0.15) is 17.2 Å². The Hall–Kier alpha value is -2.24. The van der Waals surface area contributed by atoms with E-state index in [-0.39, 0.29) is 6.54 Å². The zero-order chi connectivity index (χ0) is 16.8. The second kappa shape index (κ2) is 7.85. The number of aliphatic hydroxyl groups is 1. The SMILES string of the molecule is COc1ccc(Cl)c(NC(=O)NCC(O)c2ccccc2C)c1. The number of hydrogen-bond acceptors (Lipinski definition) is 3. The van der Waals surface area contributed by atoms with E-state index in [1.807, 2.05) is 31.2 Å². The molecule has 0 bridgehead atoms. The van der Waals surface area contributed by atoms with Crippen molar-refractivity contribution in [3.05, 3.63) is 58.6 Å². The lowest BCUT2D eigenvalue weighted by molar-refractivity contribution is 0.174. The first-order chi connectivity index (χ1) is 11.0. The van der Waals surface area contributed by atoms with E-state index in [0.717, 1.165) is 11.1 Å². The summed E-state index contributed by atoms with van der Waals surface area (Å²) in [6.45, 7) is 2.01. The van der Waals surface area contributed by atoms with Crippen LogP contribution in [-0.4, -0.2) is 24.8 Å². The van der Waals surface area contributed by atoms with E-state index in [1.165, 1.54) is 7.11 Å². The van der Waals surface area contributed by atoms with E-state index in [0.29, 0.717) is 16.5 Å². The summed E-state index contributed by atoms with van der Waals surface area (Å²) in [5.41, 5.74) is 2.19. The van der Waals surface area contributed by atoms with E-state index in [4.69, 9.17) is 16.3 Å². The molecule has 0 aliphatic rings. The van der Waals surface area contributed by atoms with Crippen LogP contribution in [0.15, 0.2) is 42.5 Å². The molecular formula is C17H19ClN2O3. The number of halogens is 1. The maximum Gasteiger partial charge on any atom is 0.319 e. The highest BCUT2D eigenvalue weighted by Crippen LogP contribution is 2.26. The largest absolute Gasteiger partial charge is 0.497 e. The summed E-state index contributed by atoms with van der Waals surface area (Å²) in [6, 6.07) is 12.0. The van der Waals surface area contributed by atoms with Crippen molar-refractivity contribution >= 4 is 23.3 Å². The Morgan fingerprint density at radius 2 is 2.04 bits per heavy atom. The average Bonchev–Trinajstić information content (AvgIpc) is 2.55. The monoisotopic (exact) mass is 334 g/mol. The van der Waals surface area contributed by atoms with Crippen molar-refractivity contribution in [3.63, 3.8) is 0 Å². The topological polar surface area (TPSA) is 70.6 Å². The third-order valence-electron chi connectivity index (χ3n) is 3.43. The van der Waals surface area contributed by atoms with Crippen LogP contribution in [0.4, 0.5) is 10.5 Å². The van der Waals surface area contributed by atoms with E-state index < -0.39 is 12.1 Å². The number of methoxy groups -OCH3 is 1. The molecule has 122 valence electrons. The van der Waals surface area contributed by atoms with Gasteiger partial charge >= 0.3 is 6.03 Å². The Balaban J connectivity index is 1.94. The molecule has 0 saturated heterocycles. The number of carbonyl (C=O) groups excluding carboxylic acids is 1. The van der Waals surface area contributed by atoms with Gasteiger partial charge in [0.15, 0.2) is 0 Å². The summed E-state index contributed by atoms with van der Waals surface area (Å²) in [5, 5.41) is 15.8. The number of carbonyl (C=O) groups is 1. The Labute approximate surface area is 140 Å². The highest BCUT2D eigenvalue weighted by atomic mass is 35.5. The van der Waals surface area contributed by atoms with Crippen LogP contribution in [0, 0.1) is 6.92 Å². The minimum absolute atomic E-state index is 0.0955. The number of benzene rings is 2. The summed E-state index contributed by atoms with van der Waals surface area (Å²) >= 11 is 6.03. The van der Waals surface area contributed by atoms with Crippen molar-refractivity contribution in [1.82, 2.24) is 5.32 Å². The Morgan fingerprint density at radius 3 is 2.74 bits per heavy atom. The minimum Gasteiger partial charge on any atom is -0.497 e. The first-order valence-corrected chi connectivity index (χ1v) is 7.51. The Bertz CT molecular complexity index is 691. The normalized spacial score (nSPS) is 11.7. The quantitative estimate of drug-likeness (QED) is 0.783. The number of nitrogens with one attached hydrogen (secondary N) is 2. The highest BCUT2D eigenvalue weighted by Gasteiger charge is 2.12. The van der Waals surface area contributed by atoms with E-state index >= 15 is 0 Å². The maximum atomic E-state index is 12.0. The summed E-state index contributed by atoms with van der Waals surface area (Å²) in [4.78, 5) is 12.0. The van der Waals surface area contributed by atoms with Gasteiger partial charge in [-0.25, -0.2) is 4.79 Å². The second-order valence-electron chi connectivity index (χ2n) is 5.05. The Kier molecular flexibility index (Phi) is 5.84. The fourth-order valence-electron chi connectivity index (χ4n) is 2.15. The van der Waals surface area contributed by atoms with Crippen molar-refractivity contribution in [2.75, 3.05) is 19.0 Å². The second-order valence-corrected chi connectivity index (χ2v) is 5.46. The Morgan fingerprint density at radius 1 is 1.30 bits per heavy atom. The number of aliphatic hydroxyl groups excluding tert-OH is 1. The number of aryl methyl sites for hydroxylation is 1. The van der Waals surface area contributed by atoms with Crippen molar-refractivity contribution in [3.8, 4) is 5.75 Å². The molecule has 0 saturated carbocycles. The molecule has 2 aromatic carbocycles. The predicted octanol–water partition coefficient (Wildman–Crippen LogP) is 3.51. The van der Waals surface area contributed by atoms with Crippen LogP contribution in [0.5, 0.6) is 5.75 Å². The molecule has 2 rings (SSSR count). The fourth-order valence-corrected chi connectivity index (χ4v) is 2.32. The summed E-state index contributed by atoms with van der Waals surface area (Å²) in [6.07, 6.45) is -0.775. The molecule has 6 heteroatoms. The van der Waals surface area contributed by atoms with Crippen LogP contribution in [0.3, 0.4) is 0 Å². The zero-order valence-electron chi connectivity index (χ0n) is 13.0. The molecule has 5 nitrogen and oxygen atoms in total. The van der Waals surface area contributed by atoms with Gasteiger partial charge in [0.05, 0.1) is 23.9 Å². The smallest absolute Gasteiger partial charge is 0.319 e. The average molecular weight is 335 g/mol. The van der Waals surface area contributed by atoms with Crippen molar-refractivity contribution < 1.29 is 14.6 Å².